The van der Waals surface area contributed by atoms with E-state index in [0.29, 0.717) is 16.5 Å². The molecule has 1 unspecified atom stereocenters. The van der Waals surface area contributed by atoms with Gasteiger partial charge in [-0.2, -0.15) is 5.26 Å². The van der Waals surface area contributed by atoms with Crippen molar-refractivity contribution < 1.29 is 4.74 Å². The minimum atomic E-state index is -0.448. The zero-order valence-corrected chi connectivity index (χ0v) is 13.8. The lowest BCUT2D eigenvalue weighted by molar-refractivity contribution is 0.379. The van der Waals surface area contributed by atoms with Gasteiger partial charge in [-0.25, -0.2) is 0 Å². The summed E-state index contributed by atoms with van der Waals surface area (Å²) in [6.07, 6.45) is 0. The number of ether oxygens (including phenoxy) is 1. The van der Waals surface area contributed by atoms with Gasteiger partial charge < -0.3 is 10.5 Å². The van der Waals surface area contributed by atoms with Crippen molar-refractivity contribution in [3.8, 4) is 23.2 Å². The van der Waals surface area contributed by atoms with Crippen molar-refractivity contribution in [3.63, 3.8) is 0 Å². The van der Waals surface area contributed by atoms with Crippen LogP contribution in [0.4, 0.5) is 0 Å². The van der Waals surface area contributed by atoms with Crippen molar-refractivity contribution in [3.05, 3.63) is 82.2 Å². The number of nitriles is 1. The van der Waals surface area contributed by atoms with Crippen molar-refractivity contribution in [1.29, 1.82) is 5.26 Å². The van der Waals surface area contributed by atoms with Crippen molar-refractivity contribution in [2.24, 2.45) is 5.73 Å². The summed E-state index contributed by atoms with van der Waals surface area (Å²) in [5.74, 6) is -0.0392. The van der Waals surface area contributed by atoms with E-state index in [-0.39, 0.29) is 5.88 Å². The number of nitrogens with one attached hydrogen (secondary N) is 1. The molecule has 0 saturated carbocycles. The van der Waals surface area contributed by atoms with Crippen molar-refractivity contribution in [2.45, 2.75) is 5.92 Å². The first-order chi connectivity index (χ1) is 12.2. The molecule has 3 aromatic rings. The Morgan fingerprint density at radius 3 is 2.56 bits per heavy atom. The molecule has 1 aliphatic heterocycles. The van der Waals surface area contributed by atoms with Gasteiger partial charge in [-0.05, 0) is 17.2 Å². The highest BCUT2D eigenvalue weighted by Gasteiger charge is 2.36. The molecule has 2 aromatic carbocycles. The lowest BCUT2D eigenvalue weighted by Crippen LogP contribution is -2.21. The molecule has 1 atom stereocenters. The van der Waals surface area contributed by atoms with E-state index < -0.39 is 5.92 Å². The number of rotatable bonds is 2. The van der Waals surface area contributed by atoms with Crippen LogP contribution in [0.25, 0.3) is 11.3 Å². The fourth-order valence-electron chi connectivity index (χ4n) is 3.09. The Morgan fingerprint density at radius 2 is 1.84 bits per heavy atom. The predicted molar refractivity (Wildman–Crippen MR) is 94.8 cm³/mol. The minimum absolute atomic E-state index is 0.0473. The van der Waals surface area contributed by atoms with Gasteiger partial charge in [0.15, 0.2) is 0 Å². The number of aromatic amines is 1. The van der Waals surface area contributed by atoms with Crippen LogP contribution >= 0.6 is 11.6 Å². The Hall–Kier alpha value is -3.23. The number of hydrogen-bond acceptors (Lipinski definition) is 4. The number of nitrogens with two attached hydrogens (primary N) is 1. The van der Waals surface area contributed by atoms with E-state index in [2.05, 4.69) is 16.3 Å². The van der Waals surface area contributed by atoms with Gasteiger partial charge in [0.1, 0.15) is 11.6 Å². The molecule has 1 aromatic heterocycles. The van der Waals surface area contributed by atoms with Gasteiger partial charge in [0.05, 0.1) is 17.2 Å². The van der Waals surface area contributed by atoms with Crippen LogP contribution in [0.3, 0.4) is 0 Å². The van der Waals surface area contributed by atoms with E-state index in [0.717, 1.165) is 22.4 Å². The summed E-state index contributed by atoms with van der Waals surface area (Å²) < 4.78 is 5.58. The van der Waals surface area contributed by atoms with Crippen molar-refractivity contribution in [2.75, 3.05) is 0 Å². The lowest BCUT2D eigenvalue weighted by atomic mass is 9.83. The summed E-state index contributed by atoms with van der Waals surface area (Å²) >= 11 is 6.42. The SMILES string of the molecule is N#CC1=C(N)Oc2n[nH]c(-c3ccccc3)c2C1c1ccccc1Cl. The number of halogens is 1. The highest BCUT2D eigenvalue weighted by Crippen LogP contribution is 2.46. The molecule has 0 amide bonds. The molecular weight excluding hydrogens is 336 g/mol. The van der Waals surface area contributed by atoms with Crippen molar-refractivity contribution >= 4 is 11.6 Å². The standard InChI is InChI=1S/C19H13ClN4O/c20-14-9-5-4-8-12(14)15-13(10-21)18(22)25-19-16(15)17(23-24-19)11-6-2-1-3-7-11/h1-9,15H,22H2,(H,23,24). The maximum Gasteiger partial charge on any atom is 0.244 e. The lowest BCUT2D eigenvalue weighted by Gasteiger charge is -2.24. The minimum Gasteiger partial charge on any atom is -0.420 e. The predicted octanol–water partition coefficient (Wildman–Crippen LogP) is 3.95. The molecule has 25 heavy (non-hydrogen) atoms. The van der Waals surface area contributed by atoms with E-state index in [1.54, 1.807) is 6.07 Å². The molecule has 3 N–H and O–H groups in total. The largest absolute Gasteiger partial charge is 0.420 e. The van der Waals surface area contributed by atoms with Crippen LogP contribution in [0.1, 0.15) is 17.0 Å². The summed E-state index contributed by atoms with van der Waals surface area (Å²) in [4.78, 5) is 0. The molecular formula is C19H13ClN4O. The van der Waals surface area contributed by atoms with Gasteiger partial charge in [-0.15, -0.1) is 5.10 Å². The maximum absolute atomic E-state index is 9.67. The molecule has 122 valence electrons. The van der Waals surface area contributed by atoms with Crippen LogP contribution in [0, 0.1) is 11.3 Å². The van der Waals surface area contributed by atoms with Crippen LogP contribution in [0.5, 0.6) is 5.88 Å². The molecule has 6 heteroatoms. The van der Waals surface area contributed by atoms with Crippen LogP contribution in [0.15, 0.2) is 66.1 Å². The fraction of sp³-hybridized carbons (Fsp3) is 0.0526. The fourth-order valence-corrected chi connectivity index (χ4v) is 3.33. The first kappa shape index (κ1) is 15.3. The molecule has 2 heterocycles. The highest BCUT2D eigenvalue weighted by atomic mass is 35.5. The van der Waals surface area contributed by atoms with Gasteiger partial charge >= 0.3 is 0 Å². The smallest absolute Gasteiger partial charge is 0.244 e. The molecule has 4 rings (SSSR count). The molecule has 0 saturated heterocycles. The normalized spacial score (nSPS) is 16.1. The maximum atomic E-state index is 9.67. The van der Waals surface area contributed by atoms with Gasteiger partial charge in [-0.1, -0.05) is 60.1 Å². The van der Waals surface area contributed by atoms with Gasteiger partial charge in [-0.3, -0.25) is 5.10 Å². The van der Waals surface area contributed by atoms with Gasteiger partial charge in [0, 0.05) is 5.02 Å². The summed E-state index contributed by atoms with van der Waals surface area (Å²) in [5, 5.41) is 17.5. The second-order valence-electron chi connectivity index (χ2n) is 5.63. The van der Waals surface area contributed by atoms with Crippen molar-refractivity contribution in [1.82, 2.24) is 10.2 Å². The van der Waals surface area contributed by atoms with E-state index in [1.165, 1.54) is 0 Å². The number of allylic oxidation sites excluding steroid dienone is 1. The van der Waals surface area contributed by atoms with Gasteiger partial charge in [0.2, 0.25) is 11.8 Å². The highest BCUT2D eigenvalue weighted by molar-refractivity contribution is 6.31. The zero-order chi connectivity index (χ0) is 17.4. The first-order valence-corrected chi connectivity index (χ1v) is 8.04. The van der Waals surface area contributed by atoms with Crippen LogP contribution in [-0.4, -0.2) is 10.2 Å². The number of nitrogens with zero attached hydrogens (tertiary/aromatic N) is 2. The Bertz CT molecular complexity index is 1020. The number of benzene rings is 2. The number of fused-ring (bicyclic) bond motifs is 1. The Balaban J connectivity index is 1.99. The Labute approximate surface area is 149 Å². The Kier molecular flexibility index (Phi) is 3.68. The summed E-state index contributed by atoms with van der Waals surface area (Å²) in [5.41, 5.74) is 9.54. The van der Waals surface area contributed by atoms with Crippen LogP contribution in [0.2, 0.25) is 5.02 Å². The zero-order valence-electron chi connectivity index (χ0n) is 13.0. The topological polar surface area (TPSA) is 87.7 Å². The number of H-pyrrole nitrogens is 1. The summed E-state index contributed by atoms with van der Waals surface area (Å²) in [6, 6.07) is 19.3. The third-order valence-corrected chi connectivity index (χ3v) is 4.56. The third-order valence-electron chi connectivity index (χ3n) is 4.22. The third kappa shape index (κ3) is 2.44. The summed E-state index contributed by atoms with van der Waals surface area (Å²) in [7, 11) is 0. The Morgan fingerprint density at radius 1 is 1.12 bits per heavy atom. The van der Waals surface area contributed by atoms with Crippen LogP contribution in [-0.2, 0) is 0 Å². The molecule has 0 spiro atoms. The average molecular weight is 349 g/mol. The number of hydrogen-bond donors (Lipinski definition) is 2. The second kappa shape index (κ2) is 6.00. The molecule has 5 nitrogen and oxygen atoms in total. The monoisotopic (exact) mass is 348 g/mol. The molecule has 1 aliphatic rings. The van der Waals surface area contributed by atoms with Crippen LogP contribution < -0.4 is 10.5 Å². The van der Waals surface area contributed by atoms with Gasteiger partial charge in [0.25, 0.3) is 0 Å². The van der Waals surface area contributed by atoms with E-state index in [9.17, 15) is 5.26 Å². The molecule has 0 aliphatic carbocycles. The molecule has 0 bridgehead atoms. The molecule has 0 radical (unpaired) electrons. The number of aromatic nitrogens is 2. The van der Waals surface area contributed by atoms with E-state index >= 15 is 0 Å². The molecule has 0 fully saturated rings. The van der Waals surface area contributed by atoms with E-state index in [4.69, 9.17) is 22.1 Å². The first-order valence-electron chi connectivity index (χ1n) is 7.66. The summed E-state index contributed by atoms with van der Waals surface area (Å²) in [6.45, 7) is 0. The quantitative estimate of drug-likeness (QED) is 0.734. The second-order valence-corrected chi connectivity index (χ2v) is 6.04. The average Bonchev–Trinajstić information content (AvgIpc) is 3.05. The van der Waals surface area contributed by atoms with E-state index in [1.807, 2.05) is 48.5 Å².